The molecule has 0 unspecified atom stereocenters. The lowest BCUT2D eigenvalue weighted by atomic mass is 10.2. The lowest BCUT2D eigenvalue weighted by Crippen LogP contribution is -2.60. The average molecular weight is 348 g/mol. The number of rotatable bonds is 8. The van der Waals surface area contributed by atoms with Gasteiger partial charge in [0, 0.05) is 13.0 Å². The molecule has 124 valence electrons. The molecule has 0 aromatic heterocycles. The van der Waals surface area contributed by atoms with Crippen LogP contribution in [0.25, 0.3) is 0 Å². The number of nitrogens with zero attached hydrogens (tertiary/aromatic N) is 1. The summed E-state index contributed by atoms with van der Waals surface area (Å²) in [6.07, 6.45) is 0.517. The van der Waals surface area contributed by atoms with Crippen LogP contribution in [0.15, 0.2) is 0 Å². The first kappa shape index (κ1) is 20.8. The summed E-state index contributed by atoms with van der Waals surface area (Å²) in [5, 5.41) is 0. The van der Waals surface area contributed by atoms with Gasteiger partial charge in [-0.25, -0.2) is 0 Å². The standard InChI is InChI=1S/C14H33NO3Si3/c1-19(2,3)15(20(4,5)6)12-13(16)10-11-14(17)18-21(7,8)9/h10-12H2,1-9H3. The summed E-state index contributed by atoms with van der Waals surface area (Å²) < 4.78 is 7.83. The van der Waals surface area contributed by atoms with Crippen molar-refractivity contribution >= 4 is 36.5 Å². The average Bonchev–Trinajstić information content (AvgIpc) is 2.17. The Morgan fingerprint density at radius 1 is 0.810 bits per heavy atom. The largest absolute Gasteiger partial charge is 0.520 e. The molecule has 0 radical (unpaired) electrons. The molecule has 21 heavy (non-hydrogen) atoms. The molecule has 0 fully saturated rings. The predicted molar refractivity (Wildman–Crippen MR) is 97.1 cm³/mol. The monoisotopic (exact) mass is 347 g/mol. The van der Waals surface area contributed by atoms with Crippen molar-refractivity contribution in [1.29, 1.82) is 0 Å². The maximum atomic E-state index is 12.2. The predicted octanol–water partition coefficient (Wildman–Crippen LogP) is 3.69. The third-order valence-corrected chi connectivity index (χ3v) is 11.4. The molecule has 0 spiro atoms. The van der Waals surface area contributed by atoms with Gasteiger partial charge < -0.3 is 8.66 Å². The van der Waals surface area contributed by atoms with Crippen molar-refractivity contribution in [2.75, 3.05) is 6.54 Å². The Labute approximate surface area is 133 Å². The van der Waals surface area contributed by atoms with E-state index in [4.69, 9.17) is 4.43 Å². The van der Waals surface area contributed by atoms with E-state index in [1.807, 2.05) is 19.6 Å². The lowest BCUT2D eigenvalue weighted by molar-refractivity contribution is -0.136. The fourth-order valence-corrected chi connectivity index (χ4v) is 12.5. The Morgan fingerprint density at radius 3 is 1.57 bits per heavy atom. The van der Waals surface area contributed by atoms with E-state index in [0.717, 1.165) is 0 Å². The number of ketones is 1. The normalized spacial score (nSPS) is 13.4. The Kier molecular flexibility index (Phi) is 7.26. The van der Waals surface area contributed by atoms with Gasteiger partial charge in [0.15, 0.2) is 0 Å². The van der Waals surface area contributed by atoms with Gasteiger partial charge in [-0.15, -0.1) is 0 Å². The minimum atomic E-state index is -1.84. The van der Waals surface area contributed by atoms with Crippen molar-refractivity contribution < 1.29 is 14.0 Å². The third kappa shape index (κ3) is 9.38. The van der Waals surface area contributed by atoms with Crippen LogP contribution in [-0.4, -0.2) is 47.3 Å². The minimum absolute atomic E-state index is 0.160. The van der Waals surface area contributed by atoms with Gasteiger partial charge in [0.1, 0.15) is 22.3 Å². The molecule has 0 rings (SSSR count). The van der Waals surface area contributed by atoms with E-state index in [9.17, 15) is 9.59 Å². The second-order valence-electron chi connectivity index (χ2n) is 8.55. The fraction of sp³-hybridized carbons (Fsp3) is 0.857. The molecule has 0 saturated heterocycles. The second-order valence-corrected chi connectivity index (χ2v) is 23.2. The van der Waals surface area contributed by atoms with E-state index in [1.165, 1.54) is 0 Å². The van der Waals surface area contributed by atoms with Crippen molar-refractivity contribution in [2.45, 2.75) is 71.8 Å². The summed E-state index contributed by atoms with van der Waals surface area (Å²) in [7, 11) is -4.87. The minimum Gasteiger partial charge on any atom is -0.520 e. The van der Waals surface area contributed by atoms with E-state index in [-0.39, 0.29) is 18.2 Å². The zero-order chi connectivity index (χ0) is 17.1. The Hall–Kier alpha value is -0.249. The summed E-state index contributed by atoms with van der Waals surface area (Å²) in [4.78, 5) is 23.9. The third-order valence-electron chi connectivity index (χ3n) is 2.98. The molecular weight excluding hydrogens is 314 g/mol. The number of hydrogen-bond donors (Lipinski definition) is 0. The van der Waals surface area contributed by atoms with Crippen molar-refractivity contribution in [3.05, 3.63) is 0 Å². The van der Waals surface area contributed by atoms with Crippen LogP contribution in [0, 0.1) is 0 Å². The van der Waals surface area contributed by atoms with Gasteiger partial charge in [-0.3, -0.25) is 9.59 Å². The molecule has 0 bridgehead atoms. The first-order chi connectivity index (χ1) is 9.13. The van der Waals surface area contributed by atoms with Crippen LogP contribution in [0.2, 0.25) is 58.9 Å². The van der Waals surface area contributed by atoms with Crippen LogP contribution >= 0.6 is 0 Å². The molecule has 0 amide bonds. The molecular formula is C14H33NO3Si3. The number of carbonyl (C=O) groups excluding carboxylic acids is 2. The molecule has 0 N–H and O–H groups in total. The first-order valence-electron chi connectivity index (χ1n) is 7.64. The van der Waals surface area contributed by atoms with Gasteiger partial charge >= 0.3 is 0 Å². The van der Waals surface area contributed by atoms with Crippen LogP contribution in [0.3, 0.4) is 0 Å². The van der Waals surface area contributed by atoms with E-state index >= 15 is 0 Å². The Balaban J connectivity index is 4.51. The van der Waals surface area contributed by atoms with Gasteiger partial charge in [0.2, 0.25) is 8.32 Å². The fourth-order valence-electron chi connectivity index (χ4n) is 2.37. The van der Waals surface area contributed by atoms with Crippen LogP contribution in [0.1, 0.15) is 12.8 Å². The van der Waals surface area contributed by atoms with Crippen molar-refractivity contribution in [3.8, 4) is 0 Å². The molecule has 0 heterocycles. The number of carbonyl (C=O) groups is 2. The quantitative estimate of drug-likeness (QED) is 0.628. The summed E-state index contributed by atoms with van der Waals surface area (Å²) >= 11 is 0. The van der Waals surface area contributed by atoms with Gasteiger partial charge in [-0.05, 0) is 19.6 Å². The highest BCUT2D eigenvalue weighted by Gasteiger charge is 2.35. The highest BCUT2D eigenvalue weighted by Crippen LogP contribution is 2.19. The topological polar surface area (TPSA) is 46.6 Å². The Morgan fingerprint density at radius 2 is 1.24 bits per heavy atom. The van der Waals surface area contributed by atoms with E-state index < -0.39 is 24.8 Å². The van der Waals surface area contributed by atoms with Crippen molar-refractivity contribution in [2.24, 2.45) is 0 Å². The van der Waals surface area contributed by atoms with Crippen molar-refractivity contribution in [3.63, 3.8) is 0 Å². The summed E-state index contributed by atoms with van der Waals surface area (Å²) in [5.41, 5.74) is 0. The lowest BCUT2D eigenvalue weighted by Gasteiger charge is -2.43. The molecule has 0 aliphatic heterocycles. The molecule has 4 nitrogen and oxygen atoms in total. The van der Waals surface area contributed by atoms with Gasteiger partial charge in [-0.2, -0.15) is 0 Å². The highest BCUT2D eigenvalue weighted by molar-refractivity contribution is 6.89. The molecule has 0 aliphatic rings. The number of hydrogen-bond acceptors (Lipinski definition) is 4. The van der Waals surface area contributed by atoms with Gasteiger partial charge in [-0.1, -0.05) is 39.3 Å². The van der Waals surface area contributed by atoms with Crippen LogP contribution in [-0.2, 0) is 14.0 Å². The zero-order valence-electron chi connectivity index (χ0n) is 15.3. The molecule has 0 aromatic carbocycles. The van der Waals surface area contributed by atoms with E-state index in [2.05, 4.69) is 43.5 Å². The first-order valence-corrected chi connectivity index (χ1v) is 17.9. The molecule has 0 aliphatic carbocycles. The van der Waals surface area contributed by atoms with Crippen molar-refractivity contribution in [1.82, 2.24) is 4.23 Å². The maximum absolute atomic E-state index is 12.2. The van der Waals surface area contributed by atoms with Crippen LogP contribution < -0.4 is 0 Å². The molecule has 0 saturated carbocycles. The van der Waals surface area contributed by atoms with Crippen LogP contribution in [0.4, 0.5) is 0 Å². The summed E-state index contributed by atoms with van der Waals surface area (Å²) in [6, 6.07) is 0. The summed E-state index contributed by atoms with van der Waals surface area (Å²) in [6.45, 7) is 20.1. The molecule has 7 heteroatoms. The second kappa shape index (κ2) is 7.34. The SMILES string of the molecule is C[Si](C)(C)OC(=O)CCC(=O)CN([Si](C)(C)C)[Si](C)(C)C. The summed E-state index contributed by atoms with van der Waals surface area (Å²) in [5.74, 6) is -0.0672. The highest BCUT2D eigenvalue weighted by atomic mass is 28.4. The maximum Gasteiger partial charge on any atom is 0.292 e. The zero-order valence-corrected chi connectivity index (χ0v) is 18.3. The number of Topliss-reactive ketones (excluding diaryl/α,β-unsaturated/α-hetero) is 1. The van der Waals surface area contributed by atoms with E-state index in [1.54, 1.807) is 0 Å². The molecule has 0 atom stereocenters. The van der Waals surface area contributed by atoms with Crippen LogP contribution in [0.5, 0.6) is 0 Å². The molecule has 0 aromatic rings. The van der Waals surface area contributed by atoms with Gasteiger partial charge in [0.05, 0.1) is 6.42 Å². The van der Waals surface area contributed by atoms with E-state index in [0.29, 0.717) is 13.0 Å². The smallest absolute Gasteiger partial charge is 0.292 e. The Bertz CT molecular complexity index is 364. The van der Waals surface area contributed by atoms with Gasteiger partial charge in [0.25, 0.3) is 5.97 Å².